The molecule has 1 aromatic rings. The van der Waals surface area contributed by atoms with Crippen LogP contribution in [0, 0.1) is 6.92 Å². The van der Waals surface area contributed by atoms with Crippen molar-refractivity contribution in [1.29, 1.82) is 0 Å². The van der Waals surface area contributed by atoms with Crippen molar-refractivity contribution in [2.75, 3.05) is 16.8 Å². The van der Waals surface area contributed by atoms with E-state index in [-0.39, 0.29) is 16.9 Å². The summed E-state index contributed by atoms with van der Waals surface area (Å²) in [5.74, 6) is -0.203. The zero-order chi connectivity index (χ0) is 13.7. The van der Waals surface area contributed by atoms with Crippen LogP contribution in [0.25, 0.3) is 0 Å². The normalized spacial score (nSPS) is 13.9. The summed E-state index contributed by atoms with van der Waals surface area (Å²) in [6, 6.07) is 5.33. The smallest absolute Gasteiger partial charge is 0.237 e. The van der Waals surface area contributed by atoms with E-state index >= 15 is 0 Å². The Morgan fingerprint density at radius 2 is 2.17 bits per heavy atom. The largest absolute Gasteiger partial charge is 0.399 e. The molecule has 18 heavy (non-hydrogen) atoms. The van der Waals surface area contributed by atoms with Crippen molar-refractivity contribution in [3.05, 3.63) is 23.8 Å². The molecular weight excluding hydrogens is 248 g/mol. The van der Waals surface area contributed by atoms with Crippen LogP contribution >= 0.6 is 0 Å². The molecule has 0 aromatic heterocycles. The Bertz CT molecular complexity index is 460. The highest BCUT2D eigenvalue weighted by Crippen LogP contribution is 2.18. The molecule has 100 valence electrons. The maximum Gasteiger partial charge on any atom is 0.237 e. The Balaban J connectivity index is 2.65. The molecule has 0 saturated carbocycles. The molecule has 1 amide bonds. The number of rotatable bonds is 5. The number of hydrogen-bond acceptors (Lipinski definition) is 3. The van der Waals surface area contributed by atoms with Crippen molar-refractivity contribution in [2.24, 2.45) is 0 Å². The van der Waals surface area contributed by atoms with E-state index in [1.54, 1.807) is 12.1 Å². The minimum Gasteiger partial charge on any atom is -0.399 e. The Labute approximate surface area is 110 Å². The van der Waals surface area contributed by atoms with Gasteiger partial charge < -0.3 is 11.1 Å². The Kier molecular flexibility index (Phi) is 5.34. The van der Waals surface area contributed by atoms with Gasteiger partial charge in [-0.3, -0.25) is 9.00 Å². The van der Waals surface area contributed by atoms with Crippen LogP contribution < -0.4 is 11.1 Å². The molecule has 0 aliphatic carbocycles. The Morgan fingerprint density at radius 1 is 1.50 bits per heavy atom. The van der Waals surface area contributed by atoms with Crippen LogP contribution in [0.1, 0.15) is 25.8 Å². The quantitative estimate of drug-likeness (QED) is 0.803. The van der Waals surface area contributed by atoms with Crippen LogP contribution in [0.3, 0.4) is 0 Å². The van der Waals surface area contributed by atoms with Gasteiger partial charge in [-0.05, 0) is 31.0 Å². The Hall–Kier alpha value is -1.36. The molecular formula is C13H20N2O2S. The average Bonchev–Trinajstić information content (AvgIpc) is 2.32. The lowest BCUT2D eigenvalue weighted by atomic mass is 10.2. The van der Waals surface area contributed by atoms with Gasteiger partial charge in [0.15, 0.2) is 0 Å². The lowest BCUT2D eigenvalue weighted by molar-refractivity contribution is -0.113. The van der Waals surface area contributed by atoms with Gasteiger partial charge in [0.2, 0.25) is 5.91 Å². The van der Waals surface area contributed by atoms with Crippen molar-refractivity contribution in [1.82, 2.24) is 0 Å². The Morgan fingerprint density at radius 3 is 2.78 bits per heavy atom. The number of anilines is 2. The van der Waals surface area contributed by atoms with Crippen molar-refractivity contribution >= 4 is 28.1 Å². The van der Waals surface area contributed by atoms with Crippen LogP contribution in [-0.4, -0.2) is 21.1 Å². The molecule has 0 aliphatic heterocycles. The number of hydrogen-bond donors (Lipinski definition) is 2. The van der Waals surface area contributed by atoms with Crippen LogP contribution in [0.4, 0.5) is 11.4 Å². The van der Waals surface area contributed by atoms with Crippen LogP contribution in [0.5, 0.6) is 0 Å². The zero-order valence-electron chi connectivity index (χ0n) is 11.0. The van der Waals surface area contributed by atoms with Gasteiger partial charge in [0.1, 0.15) is 5.75 Å². The fourth-order valence-electron chi connectivity index (χ4n) is 1.42. The minimum absolute atomic E-state index is 0.0310. The summed E-state index contributed by atoms with van der Waals surface area (Å²) >= 11 is 0. The van der Waals surface area contributed by atoms with Gasteiger partial charge in [0.25, 0.3) is 0 Å². The molecule has 0 heterocycles. The molecule has 0 bridgehead atoms. The van der Waals surface area contributed by atoms with Gasteiger partial charge >= 0.3 is 0 Å². The maximum absolute atomic E-state index is 11.8. The summed E-state index contributed by atoms with van der Waals surface area (Å²) < 4.78 is 11.8. The standard InChI is InChI=1S/C13H20N2O2S/c1-4-10(3)18(17)8-13(16)15-12-7-11(14)6-5-9(12)2/h5-7,10H,4,8,14H2,1-3H3,(H,15,16). The van der Waals surface area contributed by atoms with Crippen molar-refractivity contribution < 1.29 is 9.00 Å². The number of carbonyl (C=O) groups is 1. The molecule has 0 saturated heterocycles. The van der Waals surface area contributed by atoms with E-state index in [9.17, 15) is 9.00 Å². The molecule has 0 fully saturated rings. The van der Waals surface area contributed by atoms with Crippen molar-refractivity contribution in [2.45, 2.75) is 32.4 Å². The summed E-state index contributed by atoms with van der Waals surface area (Å²) in [7, 11) is -1.12. The van der Waals surface area contributed by atoms with Crippen molar-refractivity contribution in [3.63, 3.8) is 0 Å². The third-order valence-electron chi connectivity index (χ3n) is 2.83. The van der Waals surface area contributed by atoms with E-state index in [2.05, 4.69) is 5.32 Å². The molecule has 5 heteroatoms. The number of amides is 1. The second kappa shape index (κ2) is 6.54. The molecule has 2 atom stereocenters. The zero-order valence-corrected chi connectivity index (χ0v) is 11.8. The maximum atomic E-state index is 11.8. The third-order valence-corrected chi connectivity index (χ3v) is 4.61. The first-order valence-corrected chi connectivity index (χ1v) is 7.35. The fraction of sp³-hybridized carbons (Fsp3) is 0.462. The topological polar surface area (TPSA) is 72.2 Å². The van der Waals surface area contributed by atoms with Gasteiger partial charge in [-0.1, -0.05) is 19.9 Å². The molecule has 1 rings (SSSR count). The number of benzene rings is 1. The first kappa shape index (κ1) is 14.7. The summed E-state index contributed by atoms with van der Waals surface area (Å²) in [6.07, 6.45) is 0.803. The molecule has 4 nitrogen and oxygen atoms in total. The summed E-state index contributed by atoms with van der Waals surface area (Å²) in [5.41, 5.74) is 7.88. The second-order valence-electron chi connectivity index (χ2n) is 4.37. The highest BCUT2D eigenvalue weighted by Gasteiger charge is 2.14. The van der Waals surface area contributed by atoms with Gasteiger partial charge in [0, 0.05) is 27.4 Å². The van der Waals surface area contributed by atoms with E-state index in [0.717, 1.165) is 12.0 Å². The number of nitrogens with one attached hydrogen (secondary N) is 1. The fourth-order valence-corrected chi connectivity index (χ4v) is 2.40. The van der Waals surface area contributed by atoms with Crippen LogP contribution in [0.2, 0.25) is 0 Å². The van der Waals surface area contributed by atoms with E-state index in [4.69, 9.17) is 5.73 Å². The first-order chi connectivity index (χ1) is 8.43. The second-order valence-corrected chi connectivity index (χ2v) is 6.22. The van der Waals surface area contributed by atoms with Gasteiger partial charge in [0.05, 0.1) is 0 Å². The molecule has 0 spiro atoms. The van der Waals surface area contributed by atoms with Gasteiger partial charge in [-0.15, -0.1) is 0 Å². The summed E-state index contributed by atoms with van der Waals surface area (Å²) in [5, 5.41) is 2.79. The highest BCUT2D eigenvalue weighted by molar-refractivity contribution is 7.86. The van der Waals surface area contributed by atoms with E-state index in [0.29, 0.717) is 11.4 Å². The number of nitrogens with two attached hydrogens (primary N) is 1. The molecule has 0 radical (unpaired) electrons. The van der Waals surface area contributed by atoms with E-state index in [1.807, 2.05) is 26.8 Å². The van der Waals surface area contributed by atoms with Gasteiger partial charge in [-0.2, -0.15) is 0 Å². The molecule has 2 unspecified atom stereocenters. The molecule has 3 N–H and O–H groups in total. The van der Waals surface area contributed by atoms with E-state index < -0.39 is 10.8 Å². The predicted octanol–water partition coefficient (Wildman–Crippen LogP) is 2.06. The van der Waals surface area contributed by atoms with Crippen LogP contribution in [-0.2, 0) is 15.6 Å². The number of carbonyl (C=O) groups excluding carboxylic acids is 1. The lowest BCUT2D eigenvalue weighted by Gasteiger charge is -2.11. The average molecular weight is 268 g/mol. The first-order valence-electron chi connectivity index (χ1n) is 5.97. The minimum atomic E-state index is -1.12. The summed E-state index contributed by atoms with van der Waals surface area (Å²) in [4.78, 5) is 11.8. The van der Waals surface area contributed by atoms with Gasteiger partial charge in [-0.25, -0.2) is 0 Å². The molecule has 1 aromatic carbocycles. The third kappa shape index (κ3) is 4.14. The summed E-state index contributed by atoms with van der Waals surface area (Å²) in [6.45, 7) is 5.73. The SMILES string of the molecule is CCC(C)S(=O)CC(=O)Nc1cc(N)ccc1C. The monoisotopic (exact) mass is 268 g/mol. The molecule has 0 aliphatic rings. The number of nitrogen functional groups attached to an aromatic ring is 1. The van der Waals surface area contributed by atoms with E-state index in [1.165, 1.54) is 0 Å². The van der Waals surface area contributed by atoms with Crippen LogP contribution in [0.15, 0.2) is 18.2 Å². The lowest BCUT2D eigenvalue weighted by Crippen LogP contribution is -2.24. The predicted molar refractivity (Wildman–Crippen MR) is 77.0 cm³/mol. The number of aryl methyl sites for hydroxylation is 1. The van der Waals surface area contributed by atoms with Crippen molar-refractivity contribution in [3.8, 4) is 0 Å². The highest BCUT2D eigenvalue weighted by atomic mass is 32.2.